The summed E-state index contributed by atoms with van der Waals surface area (Å²) in [6.07, 6.45) is 2.21. The fourth-order valence-electron chi connectivity index (χ4n) is 2.63. The van der Waals surface area contributed by atoms with Crippen LogP contribution in [0.25, 0.3) is 11.6 Å². The maximum Gasteiger partial charge on any atom is 0.126 e. The first-order valence-corrected chi connectivity index (χ1v) is 7.75. The third kappa shape index (κ3) is 3.51. The molecule has 3 aromatic carbocycles. The number of rotatable bonds is 4. The molecule has 1 heteroatoms. The molecule has 0 bridgehead atoms. The highest BCUT2D eigenvalue weighted by Crippen LogP contribution is 2.32. The second-order valence-electron chi connectivity index (χ2n) is 5.54. The summed E-state index contributed by atoms with van der Waals surface area (Å²) in [6.45, 7) is 2.10. The van der Waals surface area contributed by atoms with Crippen molar-refractivity contribution in [3.8, 4) is 5.75 Å². The van der Waals surface area contributed by atoms with Crippen LogP contribution in [0.3, 0.4) is 0 Å². The van der Waals surface area contributed by atoms with Gasteiger partial charge in [0.1, 0.15) is 5.75 Å². The highest BCUT2D eigenvalue weighted by atomic mass is 16.5. The molecule has 0 fully saturated rings. The summed E-state index contributed by atoms with van der Waals surface area (Å²) in [6, 6.07) is 27.1. The minimum absolute atomic E-state index is 0.884. The lowest BCUT2D eigenvalue weighted by molar-refractivity contribution is 0.413. The minimum Gasteiger partial charge on any atom is -0.496 e. The van der Waals surface area contributed by atoms with Gasteiger partial charge in [0.05, 0.1) is 7.11 Å². The molecule has 0 radical (unpaired) electrons. The van der Waals surface area contributed by atoms with Gasteiger partial charge >= 0.3 is 0 Å². The minimum atomic E-state index is 0.884. The standard InChI is InChI=1S/C22H20O/c1-17-12-14-19(15-13-17)21(16-18-8-4-3-5-9-18)20-10-6-7-11-22(20)23-2/h3-16H,1-2H3/b21-16-. The molecule has 1 nitrogen and oxygen atoms in total. The fraction of sp³-hybridized carbons (Fsp3) is 0.0909. The van der Waals surface area contributed by atoms with Gasteiger partial charge in [-0.15, -0.1) is 0 Å². The number of methoxy groups -OCH3 is 1. The molecule has 0 unspecified atom stereocenters. The van der Waals surface area contributed by atoms with Crippen LogP contribution >= 0.6 is 0 Å². The van der Waals surface area contributed by atoms with E-state index in [4.69, 9.17) is 4.74 Å². The molecule has 23 heavy (non-hydrogen) atoms. The summed E-state index contributed by atoms with van der Waals surface area (Å²) in [7, 11) is 1.72. The average Bonchev–Trinajstić information content (AvgIpc) is 2.61. The summed E-state index contributed by atoms with van der Waals surface area (Å²) < 4.78 is 5.57. The Balaban J connectivity index is 2.18. The predicted octanol–water partition coefficient (Wildman–Crippen LogP) is 5.59. The number of benzene rings is 3. The van der Waals surface area contributed by atoms with Crippen molar-refractivity contribution in [3.63, 3.8) is 0 Å². The van der Waals surface area contributed by atoms with Crippen molar-refractivity contribution < 1.29 is 4.74 Å². The molecule has 0 aliphatic rings. The first-order valence-electron chi connectivity index (χ1n) is 7.75. The van der Waals surface area contributed by atoms with E-state index in [0.717, 1.165) is 16.9 Å². The zero-order valence-electron chi connectivity index (χ0n) is 13.5. The lowest BCUT2D eigenvalue weighted by Gasteiger charge is -2.13. The molecule has 0 heterocycles. The van der Waals surface area contributed by atoms with Crippen LogP contribution in [0.1, 0.15) is 22.3 Å². The van der Waals surface area contributed by atoms with E-state index in [1.807, 2.05) is 24.3 Å². The molecule has 3 aromatic rings. The lowest BCUT2D eigenvalue weighted by atomic mass is 9.94. The smallest absolute Gasteiger partial charge is 0.126 e. The van der Waals surface area contributed by atoms with Crippen LogP contribution in [0.4, 0.5) is 0 Å². The van der Waals surface area contributed by atoms with Crippen molar-refractivity contribution in [1.29, 1.82) is 0 Å². The van der Waals surface area contributed by atoms with Crippen LogP contribution in [-0.4, -0.2) is 7.11 Å². The van der Waals surface area contributed by atoms with Gasteiger partial charge in [0.2, 0.25) is 0 Å². The number of para-hydroxylation sites is 1. The summed E-state index contributed by atoms with van der Waals surface area (Å²) >= 11 is 0. The SMILES string of the molecule is COc1ccccc1/C(=C\c1ccccc1)c1ccc(C)cc1. The zero-order valence-corrected chi connectivity index (χ0v) is 13.5. The maximum absolute atomic E-state index is 5.57. The summed E-state index contributed by atoms with van der Waals surface area (Å²) in [5.74, 6) is 0.884. The Morgan fingerprint density at radius 3 is 2.13 bits per heavy atom. The van der Waals surface area contributed by atoms with Crippen LogP contribution in [-0.2, 0) is 0 Å². The van der Waals surface area contributed by atoms with E-state index in [1.54, 1.807) is 7.11 Å². The average molecular weight is 300 g/mol. The van der Waals surface area contributed by atoms with E-state index in [1.165, 1.54) is 16.7 Å². The molecule has 0 aliphatic heterocycles. The quantitative estimate of drug-likeness (QED) is 0.570. The molecule has 114 valence electrons. The highest BCUT2D eigenvalue weighted by Gasteiger charge is 2.10. The van der Waals surface area contributed by atoms with Gasteiger partial charge in [-0.25, -0.2) is 0 Å². The summed E-state index contributed by atoms with van der Waals surface area (Å²) in [5, 5.41) is 0. The van der Waals surface area contributed by atoms with Crippen molar-refractivity contribution in [2.45, 2.75) is 6.92 Å². The van der Waals surface area contributed by atoms with Gasteiger partial charge in [-0.3, -0.25) is 0 Å². The normalized spacial score (nSPS) is 11.3. The van der Waals surface area contributed by atoms with Gasteiger partial charge in [0.15, 0.2) is 0 Å². The largest absolute Gasteiger partial charge is 0.496 e. The second-order valence-corrected chi connectivity index (χ2v) is 5.54. The summed E-state index contributed by atoms with van der Waals surface area (Å²) in [4.78, 5) is 0. The second kappa shape index (κ2) is 6.97. The van der Waals surface area contributed by atoms with Crippen molar-refractivity contribution >= 4 is 11.6 Å². The van der Waals surface area contributed by atoms with Crippen molar-refractivity contribution in [1.82, 2.24) is 0 Å². The number of aryl methyl sites for hydroxylation is 1. The molecule has 0 N–H and O–H groups in total. The number of hydrogen-bond acceptors (Lipinski definition) is 1. The van der Waals surface area contributed by atoms with Crippen molar-refractivity contribution in [2.75, 3.05) is 7.11 Å². The highest BCUT2D eigenvalue weighted by molar-refractivity contribution is 5.93. The van der Waals surface area contributed by atoms with E-state index >= 15 is 0 Å². The van der Waals surface area contributed by atoms with Gasteiger partial charge in [0.25, 0.3) is 0 Å². The number of hydrogen-bond donors (Lipinski definition) is 0. The Labute approximate surface area is 137 Å². The molecular weight excluding hydrogens is 280 g/mol. The van der Waals surface area contributed by atoms with Crippen molar-refractivity contribution in [2.24, 2.45) is 0 Å². The van der Waals surface area contributed by atoms with Gasteiger partial charge in [0, 0.05) is 5.56 Å². The molecular formula is C22H20O. The van der Waals surface area contributed by atoms with E-state index in [2.05, 4.69) is 67.6 Å². The Morgan fingerprint density at radius 2 is 1.43 bits per heavy atom. The van der Waals surface area contributed by atoms with E-state index in [0.29, 0.717) is 0 Å². The Kier molecular flexibility index (Phi) is 4.58. The lowest BCUT2D eigenvalue weighted by Crippen LogP contribution is -1.93. The molecule has 3 rings (SSSR count). The van der Waals surface area contributed by atoms with E-state index < -0.39 is 0 Å². The third-order valence-electron chi connectivity index (χ3n) is 3.87. The van der Waals surface area contributed by atoms with Crippen LogP contribution in [0.15, 0.2) is 78.9 Å². The van der Waals surface area contributed by atoms with Crippen LogP contribution in [0.5, 0.6) is 5.75 Å². The Morgan fingerprint density at radius 1 is 0.783 bits per heavy atom. The van der Waals surface area contributed by atoms with Gasteiger partial charge in [-0.1, -0.05) is 78.4 Å². The molecule has 0 aromatic heterocycles. The number of ether oxygens (including phenoxy) is 1. The first kappa shape index (κ1) is 15.1. The monoisotopic (exact) mass is 300 g/mol. The van der Waals surface area contributed by atoms with E-state index in [9.17, 15) is 0 Å². The van der Waals surface area contributed by atoms with Crippen molar-refractivity contribution in [3.05, 3.63) is 101 Å². The zero-order chi connectivity index (χ0) is 16.1. The van der Waals surface area contributed by atoms with E-state index in [-0.39, 0.29) is 0 Å². The maximum atomic E-state index is 5.57. The Hall–Kier alpha value is -2.80. The van der Waals surface area contributed by atoms with Crippen LogP contribution in [0.2, 0.25) is 0 Å². The third-order valence-corrected chi connectivity index (χ3v) is 3.87. The molecule has 0 aliphatic carbocycles. The fourth-order valence-corrected chi connectivity index (χ4v) is 2.63. The molecule has 0 atom stereocenters. The molecule has 0 saturated heterocycles. The first-order chi connectivity index (χ1) is 11.3. The van der Waals surface area contributed by atoms with Gasteiger partial charge < -0.3 is 4.74 Å². The van der Waals surface area contributed by atoms with Crippen LogP contribution < -0.4 is 4.74 Å². The topological polar surface area (TPSA) is 9.23 Å². The Bertz CT molecular complexity index is 799. The van der Waals surface area contributed by atoms with Gasteiger partial charge in [-0.2, -0.15) is 0 Å². The molecule has 0 saturated carbocycles. The summed E-state index contributed by atoms with van der Waals surface area (Å²) in [5.41, 5.74) is 5.88. The predicted molar refractivity (Wildman–Crippen MR) is 97.6 cm³/mol. The molecule has 0 amide bonds. The van der Waals surface area contributed by atoms with Gasteiger partial charge in [-0.05, 0) is 35.8 Å². The molecule has 0 spiro atoms. The van der Waals surface area contributed by atoms with Crippen LogP contribution in [0, 0.1) is 6.92 Å².